The Bertz CT molecular complexity index is 188. The maximum Gasteiger partial charge on any atom is 0.435 e. The van der Waals surface area contributed by atoms with Gasteiger partial charge < -0.3 is 0 Å². The quantitative estimate of drug-likeness (QED) is 0.289. The minimum atomic E-state index is -5.40. The van der Waals surface area contributed by atoms with E-state index in [1.165, 1.54) is 0 Å². The third-order valence-corrected chi connectivity index (χ3v) is 2.11. The summed E-state index contributed by atoms with van der Waals surface area (Å²) in [6, 6.07) is 0. The Kier molecular flexibility index (Phi) is 3.62. The van der Waals surface area contributed by atoms with Crippen LogP contribution in [-0.4, -0.2) is 17.0 Å². The molecule has 0 unspecified atom stereocenters. The van der Waals surface area contributed by atoms with Crippen LogP contribution in [0.5, 0.6) is 0 Å². The monoisotopic (exact) mass is 227 g/mol. The van der Waals surface area contributed by atoms with Gasteiger partial charge >= 0.3 is 11.8 Å². The van der Waals surface area contributed by atoms with Gasteiger partial charge in [-0.3, -0.25) is 0 Å². The van der Waals surface area contributed by atoms with Gasteiger partial charge in [-0.2, -0.15) is 31.1 Å². The van der Waals surface area contributed by atoms with E-state index in [0.29, 0.717) is 0 Å². The average Bonchev–Trinajstić information content (AvgIpc) is 1.77. The molecule has 0 aromatic rings. The van der Waals surface area contributed by atoms with Crippen molar-refractivity contribution in [2.45, 2.75) is 11.8 Å². The summed E-state index contributed by atoms with van der Waals surface area (Å²) in [5, 5.41) is 1.08. The predicted molar refractivity (Wildman–Crippen MR) is 34.1 cm³/mol. The number of hydrogen-bond donors (Lipinski definition) is 0. The molecule has 12 heavy (non-hydrogen) atoms. The highest BCUT2D eigenvalue weighted by atomic mass is 32.1. The van der Waals surface area contributed by atoms with Gasteiger partial charge in [0.1, 0.15) is 0 Å². The highest BCUT2D eigenvalue weighted by molar-refractivity contribution is 7.78. The van der Waals surface area contributed by atoms with Gasteiger partial charge in [0, 0.05) is 0 Å². The Morgan fingerprint density at radius 1 is 1.00 bits per heavy atom. The van der Waals surface area contributed by atoms with Crippen LogP contribution in [0.1, 0.15) is 0 Å². The van der Waals surface area contributed by atoms with Gasteiger partial charge in [0.15, 0.2) is 0 Å². The molecule has 0 heterocycles. The number of hydrogen-bond acceptors (Lipinski definition) is 2. The van der Waals surface area contributed by atoms with Crippen LogP contribution in [0.2, 0.25) is 0 Å². The summed E-state index contributed by atoms with van der Waals surface area (Å²) in [6.45, 7) is 0. The van der Waals surface area contributed by atoms with E-state index in [1.54, 1.807) is 0 Å². The van der Waals surface area contributed by atoms with E-state index in [4.69, 9.17) is 0 Å². The Hall–Kier alpha value is -0.190. The molecule has 0 fully saturated rings. The topological polar surface area (TPSA) is 12.4 Å². The molecule has 0 aliphatic carbocycles. The second-order valence-corrected chi connectivity index (χ2v) is 3.46. The Morgan fingerprint density at radius 3 is 1.42 bits per heavy atom. The first kappa shape index (κ1) is 11.8. The maximum atomic E-state index is 11.5. The average molecular weight is 227 g/mol. The highest BCUT2D eigenvalue weighted by Gasteiger charge is 2.57. The molecule has 0 saturated carbocycles. The lowest BCUT2D eigenvalue weighted by atomic mass is 11.5. The number of thiocarbonyl (C=S) groups is 1. The van der Waals surface area contributed by atoms with Gasteiger partial charge in [-0.25, -0.2) is 0 Å². The molecule has 0 N–H and O–H groups in total. The smallest absolute Gasteiger partial charge is 0.189 e. The van der Waals surface area contributed by atoms with Crippen molar-refractivity contribution in [1.29, 1.82) is 0 Å². The molecule has 0 aliphatic rings. The molecule has 0 bridgehead atoms. The first-order chi connectivity index (χ1) is 5.19. The standard InChI is InChI=1S/C3F6NPS/c4-2(5,6)11(10-1-12)3(7,8)9. The molecule has 0 amide bonds. The van der Waals surface area contributed by atoms with Crippen molar-refractivity contribution in [3.8, 4) is 0 Å². The summed E-state index contributed by atoms with van der Waals surface area (Å²) in [5.74, 6) is -10.8. The van der Waals surface area contributed by atoms with Crippen molar-refractivity contribution >= 4 is 25.5 Å². The summed E-state index contributed by atoms with van der Waals surface area (Å²) < 4.78 is 71.2. The minimum Gasteiger partial charge on any atom is -0.189 e. The van der Waals surface area contributed by atoms with Gasteiger partial charge in [-0.15, -0.1) is 0 Å². The Balaban J connectivity index is 4.81. The molecular formula is C3F6NPS. The van der Waals surface area contributed by atoms with Crippen LogP contribution in [0, 0.1) is 0 Å². The van der Waals surface area contributed by atoms with Crippen LogP contribution in [0.15, 0.2) is 4.76 Å². The number of nitrogens with zero attached hydrogens (tertiary/aromatic N) is 1. The minimum absolute atomic E-state index is 1.08. The third kappa shape index (κ3) is 3.47. The molecule has 0 aromatic carbocycles. The number of isothiocyanates is 1. The van der Waals surface area contributed by atoms with E-state index in [9.17, 15) is 26.3 Å². The lowest BCUT2D eigenvalue weighted by molar-refractivity contribution is -0.0832. The predicted octanol–water partition coefficient (Wildman–Crippen LogP) is 3.53. The zero-order valence-corrected chi connectivity index (χ0v) is 6.78. The van der Waals surface area contributed by atoms with Crippen molar-refractivity contribution in [2.75, 3.05) is 0 Å². The summed E-state index contributed by atoms with van der Waals surface area (Å²) in [5.41, 5.74) is 0. The van der Waals surface area contributed by atoms with Crippen LogP contribution in [0.25, 0.3) is 0 Å². The van der Waals surface area contributed by atoms with Crippen molar-refractivity contribution in [3.63, 3.8) is 0 Å². The zero-order valence-electron chi connectivity index (χ0n) is 5.07. The van der Waals surface area contributed by atoms with Crippen LogP contribution in [0.3, 0.4) is 0 Å². The van der Waals surface area contributed by atoms with Crippen molar-refractivity contribution in [2.24, 2.45) is 4.76 Å². The molecule has 1 nitrogen and oxygen atoms in total. The molecular weight excluding hydrogens is 227 g/mol. The van der Waals surface area contributed by atoms with Crippen LogP contribution in [-0.2, 0) is 0 Å². The van der Waals surface area contributed by atoms with Crippen LogP contribution in [0.4, 0.5) is 26.3 Å². The molecule has 0 rings (SSSR count). The van der Waals surface area contributed by atoms with Crippen LogP contribution < -0.4 is 0 Å². The number of alkyl halides is 6. The van der Waals surface area contributed by atoms with E-state index in [0.717, 1.165) is 5.16 Å². The lowest BCUT2D eigenvalue weighted by Gasteiger charge is -2.16. The van der Waals surface area contributed by atoms with E-state index >= 15 is 0 Å². The van der Waals surface area contributed by atoms with Gasteiger partial charge in [-0.05, 0) is 12.2 Å². The SMILES string of the molecule is FC(F)(F)P(N=C=S)C(F)(F)F. The molecule has 0 saturated heterocycles. The molecule has 0 spiro atoms. The van der Waals surface area contributed by atoms with E-state index in [-0.39, 0.29) is 0 Å². The molecule has 70 valence electrons. The first-order valence-corrected chi connectivity index (χ1v) is 3.91. The summed E-state index contributed by atoms with van der Waals surface area (Å²) in [7, 11) is -4.43. The lowest BCUT2D eigenvalue weighted by Crippen LogP contribution is -2.16. The van der Waals surface area contributed by atoms with Gasteiger partial charge in [0.2, 0.25) is 8.07 Å². The fourth-order valence-corrected chi connectivity index (χ4v) is 1.14. The van der Waals surface area contributed by atoms with E-state index in [2.05, 4.69) is 12.2 Å². The highest BCUT2D eigenvalue weighted by Crippen LogP contribution is 2.65. The Labute approximate surface area is 69.3 Å². The fourth-order valence-electron chi connectivity index (χ4n) is 0.298. The largest absolute Gasteiger partial charge is 0.435 e. The molecule has 0 atom stereocenters. The fraction of sp³-hybridized carbons (Fsp3) is 0.667. The van der Waals surface area contributed by atoms with Gasteiger partial charge in [0.25, 0.3) is 0 Å². The van der Waals surface area contributed by atoms with Crippen molar-refractivity contribution in [3.05, 3.63) is 0 Å². The molecule has 0 aliphatic heterocycles. The van der Waals surface area contributed by atoms with Gasteiger partial charge in [-0.1, -0.05) is 0 Å². The summed E-state index contributed by atoms with van der Waals surface area (Å²) in [4.78, 5) is 0. The molecule has 0 radical (unpaired) electrons. The second kappa shape index (κ2) is 3.68. The van der Waals surface area contributed by atoms with Crippen molar-refractivity contribution in [1.82, 2.24) is 0 Å². The first-order valence-electron chi connectivity index (χ1n) is 2.21. The Morgan fingerprint density at radius 2 is 1.33 bits per heavy atom. The summed E-state index contributed by atoms with van der Waals surface area (Å²) in [6.07, 6.45) is 0. The zero-order chi connectivity index (χ0) is 9.99. The number of rotatable bonds is 1. The normalized spacial score (nSPS) is 12.9. The van der Waals surface area contributed by atoms with E-state index in [1.807, 2.05) is 4.76 Å². The number of halogens is 6. The molecule has 9 heteroatoms. The second-order valence-electron chi connectivity index (χ2n) is 1.44. The maximum absolute atomic E-state index is 11.5. The third-order valence-electron chi connectivity index (χ3n) is 0.621. The molecule has 0 aromatic heterocycles. The van der Waals surface area contributed by atoms with Crippen molar-refractivity contribution < 1.29 is 26.3 Å². The summed E-state index contributed by atoms with van der Waals surface area (Å²) >= 11 is 3.67. The van der Waals surface area contributed by atoms with Crippen LogP contribution >= 0.6 is 20.3 Å². The van der Waals surface area contributed by atoms with Gasteiger partial charge in [0.05, 0.1) is 5.16 Å². The van der Waals surface area contributed by atoms with E-state index < -0.39 is 19.9 Å².